The number of thioether (sulfide) groups is 1. The van der Waals surface area contributed by atoms with Crippen molar-refractivity contribution in [3.63, 3.8) is 0 Å². The number of benzene rings is 1. The number of aromatic amines is 1. The third-order valence-corrected chi connectivity index (χ3v) is 4.97. The summed E-state index contributed by atoms with van der Waals surface area (Å²) in [6.07, 6.45) is 3.89. The summed E-state index contributed by atoms with van der Waals surface area (Å²) >= 11 is 10.8. The SMILES string of the molecule is CSCCC(NC(=O)c1ccccc1Cl)C(=O)NNC(=O)c1cc(Br)c[nH]1. The molecule has 0 fully saturated rings. The average Bonchev–Trinajstić information content (AvgIpc) is 3.09. The first-order chi connectivity index (χ1) is 12.9. The highest BCUT2D eigenvalue weighted by Crippen LogP contribution is 2.15. The molecule has 0 saturated carbocycles. The molecule has 0 aliphatic rings. The fourth-order valence-corrected chi connectivity index (χ4v) is 3.19. The summed E-state index contributed by atoms with van der Waals surface area (Å²) in [5, 5.41) is 2.96. The molecule has 1 unspecified atom stereocenters. The first kappa shape index (κ1) is 21.3. The van der Waals surface area contributed by atoms with E-state index in [1.54, 1.807) is 48.3 Å². The van der Waals surface area contributed by atoms with E-state index < -0.39 is 23.8 Å². The largest absolute Gasteiger partial charge is 0.356 e. The van der Waals surface area contributed by atoms with Crippen LogP contribution in [0.4, 0.5) is 0 Å². The summed E-state index contributed by atoms with van der Waals surface area (Å²) in [7, 11) is 0. The number of hydrogen-bond acceptors (Lipinski definition) is 4. The van der Waals surface area contributed by atoms with Crippen molar-refractivity contribution in [3.05, 3.63) is 57.3 Å². The molecule has 0 spiro atoms. The molecule has 27 heavy (non-hydrogen) atoms. The zero-order chi connectivity index (χ0) is 19.8. The van der Waals surface area contributed by atoms with Crippen molar-refractivity contribution in [3.8, 4) is 0 Å². The van der Waals surface area contributed by atoms with Crippen LogP contribution in [0, 0.1) is 0 Å². The minimum atomic E-state index is -0.822. The predicted octanol–water partition coefficient (Wildman–Crippen LogP) is 2.74. The number of halogens is 2. The lowest BCUT2D eigenvalue weighted by molar-refractivity contribution is -0.123. The van der Waals surface area contributed by atoms with E-state index in [4.69, 9.17) is 11.6 Å². The number of amides is 3. The van der Waals surface area contributed by atoms with Gasteiger partial charge in [0.05, 0.1) is 10.6 Å². The molecule has 144 valence electrons. The molecule has 7 nitrogen and oxygen atoms in total. The van der Waals surface area contributed by atoms with Crippen LogP contribution in [0.5, 0.6) is 0 Å². The number of hydrogen-bond donors (Lipinski definition) is 4. The van der Waals surface area contributed by atoms with Gasteiger partial charge in [-0.3, -0.25) is 25.2 Å². The number of carbonyl (C=O) groups excluding carboxylic acids is 3. The molecule has 0 aliphatic carbocycles. The van der Waals surface area contributed by atoms with Crippen LogP contribution in [0.25, 0.3) is 0 Å². The van der Waals surface area contributed by atoms with Crippen molar-refractivity contribution in [2.24, 2.45) is 0 Å². The Bertz CT molecular complexity index is 830. The number of nitrogens with one attached hydrogen (secondary N) is 4. The average molecular weight is 474 g/mol. The van der Waals surface area contributed by atoms with Crippen LogP contribution in [0.3, 0.4) is 0 Å². The van der Waals surface area contributed by atoms with Gasteiger partial charge in [-0.2, -0.15) is 11.8 Å². The van der Waals surface area contributed by atoms with Gasteiger partial charge in [0.15, 0.2) is 0 Å². The van der Waals surface area contributed by atoms with Crippen LogP contribution in [0.2, 0.25) is 5.02 Å². The molecule has 0 radical (unpaired) electrons. The quantitative estimate of drug-likeness (QED) is 0.464. The maximum Gasteiger partial charge on any atom is 0.286 e. The van der Waals surface area contributed by atoms with E-state index in [9.17, 15) is 14.4 Å². The van der Waals surface area contributed by atoms with Gasteiger partial charge in [-0.15, -0.1) is 0 Å². The lowest BCUT2D eigenvalue weighted by Gasteiger charge is -2.18. The predicted molar refractivity (Wildman–Crippen MR) is 110 cm³/mol. The van der Waals surface area contributed by atoms with Gasteiger partial charge in [0.25, 0.3) is 17.7 Å². The molecular weight excluding hydrogens is 456 g/mol. The molecule has 2 aromatic rings. The number of carbonyl (C=O) groups is 3. The zero-order valence-electron chi connectivity index (χ0n) is 14.3. The summed E-state index contributed by atoms with van der Waals surface area (Å²) in [6, 6.07) is 7.33. The highest BCUT2D eigenvalue weighted by atomic mass is 79.9. The smallest absolute Gasteiger partial charge is 0.286 e. The van der Waals surface area contributed by atoms with E-state index >= 15 is 0 Å². The Hall–Kier alpha value is -1.97. The van der Waals surface area contributed by atoms with Crippen molar-refractivity contribution in [2.75, 3.05) is 12.0 Å². The monoisotopic (exact) mass is 472 g/mol. The van der Waals surface area contributed by atoms with E-state index in [-0.39, 0.29) is 11.3 Å². The van der Waals surface area contributed by atoms with Crippen LogP contribution in [0.1, 0.15) is 27.3 Å². The Morgan fingerprint density at radius 1 is 1.22 bits per heavy atom. The van der Waals surface area contributed by atoms with Gasteiger partial charge in [0.2, 0.25) is 0 Å². The lowest BCUT2D eigenvalue weighted by atomic mass is 10.1. The standard InChI is InChI=1S/C17H18BrClN4O3S/c1-27-7-6-13(21-15(24)11-4-2-3-5-12(11)19)16(25)22-23-17(26)14-8-10(18)9-20-14/h2-5,8-9,13,20H,6-7H2,1H3,(H,21,24)(H,22,25)(H,23,26). The third kappa shape index (κ3) is 6.30. The minimum absolute atomic E-state index is 0.279. The van der Waals surface area contributed by atoms with Crippen molar-refractivity contribution < 1.29 is 14.4 Å². The first-order valence-corrected chi connectivity index (χ1v) is 10.5. The van der Waals surface area contributed by atoms with Crippen molar-refractivity contribution in [2.45, 2.75) is 12.5 Å². The highest BCUT2D eigenvalue weighted by molar-refractivity contribution is 9.10. The summed E-state index contributed by atoms with van der Waals surface area (Å²) in [5.74, 6) is -0.835. The fraction of sp³-hybridized carbons (Fsp3) is 0.235. The second kappa shape index (κ2) is 10.4. The highest BCUT2D eigenvalue weighted by Gasteiger charge is 2.22. The van der Waals surface area contributed by atoms with Crippen molar-refractivity contribution >= 4 is 57.0 Å². The van der Waals surface area contributed by atoms with Crippen LogP contribution in [0.15, 0.2) is 41.0 Å². The molecule has 2 rings (SSSR count). The molecule has 10 heteroatoms. The third-order valence-electron chi connectivity index (χ3n) is 3.54. The van der Waals surface area contributed by atoms with Gasteiger partial charge in [0.1, 0.15) is 11.7 Å². The second-order valence-electron chi connectivity index (χ2n) is 5.46. The van der Waals surface area contributed by atoms with E-state index in [1.165, 1.54) is 0 Å². The van der Waals surface area contributed by atoms with Crippen molar-refractivity contribution in [1.82, 2.24) is 21.2 Å². The van der Waals surface area contributed by atoms with Crippen LogP contribution in [-0.4, -0.2) is 40.8 Å². The van der Waals surface area contributed by atoms with Crippen LogP contribution < -0.4 is 16.2 Å². The normalized spacial score (nSPS) is 11.5. The fourth-order valence-electron chi connectivity index (χ4n) is 2.16. The van der Waals surface area contributed by atoms with Gasteiger partial charge in [-0.25, -0.2) is 0 Å². The lowest BCUT2D eigenvalue weighted by Crippen LogP contribution is -2.52. The van der Waals surface area contributed by atoms with Gasteiger partial charge < -0.3 is 10.3 Å². The molecule has 1 atom stereocenters. The van der Waals surface area contributed by atoms with E-state index in [0.29, 0.717) is 21.7 Å². The van der Waals surface area contributed by atoms with Gasteiger partial charge in [-0.1, -0.05) is 23.7 Å². The maximum atomic E-state index is 12.4. The van der Waals surface area contributed by atoms with Gasteiger partial charge >= 0.3 is 0 Å². The zero-order valence-corrected chi connectivity index (χ0v) is 17.5. The number of aromatic nitrogens is 1. The van der Waals surface area contributed by atoms with E-state index in [0.717, 1.165) is 0 Å². The molecule has 3 amide bonds. The van der Waals surface area contributed by atoms with E-state index in [1.807, 2.05) is 6.26 Å². The molecule has 0 bridgehead atoms. The Balaban J connectivity index is 1.99. The maximum absolute atomic E-state index is 12.4. The second-order valence-corrected chi connectivity index (χ2v) is 7.77. The summed E-state index contributed by atoms with van der Waals surface area (Å²) < 4.78 is 0.712. The molecule has 4 N–H and O–H groups in total. The Morgan fingerprint density at radius 3 is 2.59 bits per heavy atom. The molecule has 0 aliphatic heterocycles. The number of rotatable bonds is 7. The van der Waals surface area contributed by atoms with Crippen LogP contribution in [-0.2, 0) is 4.79 Å². The Labute approximate surface area is 174 Å². The topological polar surface area (TPSA) is 103 Å². The first-order valence-electron chi connectivity index (χ1n) is 7.90. The number of hydrazine groups is 1. The van der Waals surface area contributed by atoms with Crippen molar-refractivity contribution in [1.29, 1.82) is 0 Å². The molecule has 1 aromatic carbocycles. The Morgan fingerprint density at radius 2 is 1.96 bits per heavy atom. The van der Waals surface area contributed by atoms with Crippen LogP contribution >= 0.6 is 39.3 Å². The van der Waals surface area contributed by atoms with Gasteiger partial charge in [-0.05, 0) is 52.6 Å². The summed E-state index contributed by atoms with van der Waals surface area (Å²) in [6.45, 7) is 0. The molecule has 0 saturated heterocycles. The summed E-state index contributed by atoms with van der Waals surface area (Å²) in [5.41, 5.74) is 5.22. The number of H-pyrrole nitrogens is 1. The van der Waals surface area contributed by atoms with E-state index in [2.05, 4.69) is 37.1 Å². The molecule has 1 aromatic heterocycles. The molecule has 1 heterocycles. The minimum Gasteiger partial charge on any atom is -0.356 e. The summed E-state index contributed by atoms with van der Waals surface area (Å²) in [4.78, 5) is 39.6. The Kier molecular flexibility index (Phi) is 8.21. The van der Waals surface area contributed by atoms with Gasteiger partial charge in [0, 0.05) is 10.7 Å². The molecular formula is C17H18BrClN4O3S.